The predicted molar refractivity (Wildman–Crippen MR) is 79.8 cm³/mol. The average molecular weight is 297 g/mol. The van der Waals surface area contributed by atoms with Gasteiger partial charge < -0.3 is 19.4 Å². The van der Waals surface area contributed by atoms with Gasteiger partial charge in [-0.25, -0.2) is 0 Å². The smallest absolute Gasteiger partial charge is 0.228 e. The van der Waals surface area contributed by atoms with Crippen molar-refractivity contribution in [2.45, 2.75) is 32.5 Å². The third-order valence-electron chi connectivity index (χ3n) is 4.11. The summed E-state index contributed by atoms with van der Waals surface area (Å²) in [5.41, 5.74) is 0. The molecule has 0 spiro atoms. The summed E-state index contributed by atoms with van der Waals surface area (Å²) in [6.07, 6.45) is 0.492. The molecule has 0 aliphatic carbocycles. The molecule has 2 rings (SSSR count). The molecule has 3 unspecified atom stereocenters. The predicted octanol–water partition coefficient (Wildman–Crippen LogP) is 0.0323. The molecule has 2 heterocycles. The molecule has 6 heteroatoms. The summed E-state index contributed by atoms with van der Waals surface area (Å²) in [4.78, 5) is 30.4. The Morgan fingerprint density at radius 2 is 1.86 bits per heavy atom. The van der Waals surface area contributed by atoms with Crippen LogP contribution in [0.3, 0.4) is 0 Å². The summed E-state index contributed by atoms with van der Waals surface area (Å²) in [6.45, 7) is 7.32. The highest BCUT2D eigenvalue weighted by Gasteiger charge is 2.38. The van der Waals surface area contributed by atoms with E-state index >= 15 is 0 Å². The zero-order valence-corrected chi connectivity index (χ0v) is 13.5. The van der Waals surface area contributed by atoms with Crippen LogP contribution in [0.5, 0.6) is 0 Å². The van der Waals surface area contributed by atoms with Crippen LogP contribution < -0.4 is 0 Å². The van der Waals surface area contributed by atoms with E-state index in [9.17, 15) is 9.59 Å². The van der Waals surface area contributed by atoms with Crippen LogP contribution in [0, 0.1) is 5.92 Å². The quantitative estimate of drug-likeness (QED) is 0.735. The van der Waals surface area contributed by atoms with Crippen molar-refractivity contribution in [1.29, 1.82) is 0 Å². The number of morpholine rings is 1. The number of nitrogens with zero attached hydrogens (tertiary/aromatic N) is 3. The normalized spacial score (nSPS) is 30.3. The number of hydrogen-bond donors (Lipinski definition) is 0. The fourth-order valence-corrected chi connectivity index (χ4v) is 3.09. The number of likely N-dealkylation sites (N-methyl/N-ethyl adjacent to an activating group) is 1. The van der Waals surface area contributed by atoms with Crippen LogP contribution in [-0.2, 0) is 14.3 Å². The Hall–Kier alpha value is -1.14. The van der Waals surface area contributed by atoms with E-state index in [1.54, 1.807) is 0 Å². The maximum Gasteiger partial charge on any atom is 0.228 e. The average Bonchev–Trinajstić information content (AvgIpc) is 2.75. The number of amides is 2. The summed E-state index contributed by atoms with van der Waals surface area (Å²) in [7, 11) is 3.97. The molecule has 120 valence electrons. The first-order valence-corrected chi connectivity index (χ1v) is 7.73. The summed E-state index contributed by atoms with van der Waals surface area (Å²) < 4.78 is 5.66. The van der Waals surface area contributed by atoms with Crippen molar-refractivity contribution in [1.82, 2.24) is 14.7 Å². The molecule has 2 amide bonds. The van der Waals surface area contributed by atoms with Gasteiger partial charge in [-0.2, -0.15) is 0 Å². The molecule has 2 saturated heterocycles. The third kappa shape index (κ3) is 4.17. The molecule has 2 fully saturated rings. The van der Waals surface area contributed by atoms with Gasteiger partial charge in [-0.1, -0.05) is 0 Å². The lowest BCUT2D eigenvalue weighted by Gasteiger charge is -2.36. The fraction of sp³-hybridized carbons (Fsp3) is 0.867. The third-order valence-corrected chi connectivity index (χ3v) is 4.11. The van der Waals surface area contributed by atoms with Gasteiger partial charge in [0, 0.05) is 39.1 Å². The highest BCUT2D eigenvalue weighted by molar-refractivity contribution is 5.89. The van der Waals surface area contributed by atoms with Crippen LogP contribution in [-0.4, -0.2) is 85.5 Å². The molecule has 0 saturated carbocycles. The van der Waals surface area contributed by atoms with Gasteiger partial charge in [0.1, 0.15) is 0 Å². The first-order chi connectivity index (χ1) is 9.86. The Morgan fingerprint density at radius 3 is 2.43 bits per heavy atom. The lowest BCUT2D eigenvalue weighted by molar-refractivity contribution is -0.147. The van der Waals surface area contributed by atoms with Crippen molar-refractivity contribution >= 4 is 11.8 Å². The van der Waals surface area contributed by atoms with Crippen LogP contribution >= 0.6 is 0 Å². The molecule has 0 bridgehead atoms. The molecule has 0 N–H and O–H groups in total. The van der Waals surface area contributed by atoms with Crippen molar-refractivity contribution in [3.8, 4) is 0 Å². The standard InChI is InChI=1S/C15H27N3O3/c1-11-8-18(9-12(2)21-11)15(20)13-7-14(19)17(10-13)6-5-16(3)4/h11-13H,5-10H2,1-4H3. The van der Waals surface area contributed by atoms with E-state index in [0.717, 1.165) is 6.54 Å². The number of rotatable bonds is 4. The molecule has 0 aromatic carbocycles. The Kier molecular flexibility index (Phi) is 5.22. The van der Waals surface area contributed by atoms with Crippen LogP contribution in [0.15, 0.2) is 0 Å². The van der Waals surface area contributed by atoms with Gasteiger partial charge in [0.05, 0.1) is 18.1 Å². The summed E-state index contributed by atoms with van der Waals surface area (Å²) in [5, 5.41) is 0. The summed E-state index contributed by atoms with van der Waals surface area (Å²) in [6, 6.07) is 0. The Morgan fingerprint density at radius 1 is 1.24 bits per heavy atom. The summed E-state index contributed by atoms with van der Waals surface area (Å²) in [5.74, 6) is 0.0272. The van der Waals surface area contributed by atoms with Crippen molar-refractivity contribution in [3.63, 3.8) is 0 Å². The Balaban J connectivity index is 1.90. The first-order valence-electron chi connectivity index (χ1n) is 7.73. The minimum atomic E-state index is -0.183. The Bertz CT molecular complexity index is 390. The van der Waals surface area contributed by atoms with Crippen LogP contribution in [0.4, 0.5) is 0 Å². The zero-order valence-electron chi connectivity index (χ0n) is 13.5. The molecular formula is C15H27N3O3. The van der Waals surface area contributed by atoms with Gasteiger partial charge in [0.15, 0.2) is 0 Å². The van der Waals surface area contributed by atoms with E-state index < -0.39 is 0 Å². The molecule has 6 nitrogen and oxygen atoms in total. The van der Waals surface area contributed by atoms with E-state index in [1.165, 1.54) is 0 Å². The number of ether oxygens (including phenoxy) is 1. The number of carbonyl (C=O) groups is 2. The largest absolute Gasteiger partial charge is 0.372 e. The SMILES string of the molecule is CC1CN(C(=O)C2CC(=O)N(CCN(C)C)C2)CC(C)O1. The highest BCUT2D eigenvalue weighted by Crippen LogP contribution is 2.22. The van der Waals surface area contributed by atoms with Gasteiger partial charge in [-0.15, -0.1) is 0 Å². The monoisotopic (exact) mass is 297 g/mol. The minimum absolute atomic E-state index is 0.0691. The molecule has 2 aliphatic heterocycles. The number of hydrogen-bond acceptors (Lipinski definition) is 4. The second-order valence-electron chi connectivity index (χ2n) is 6.54. The molecule has 0 aromatic heterocycles. The van der Waals surface area contributed by atoms with Crippen molar-refractivity contribution < 1.29 is 14.3 Å². The lowest BCUT2D eigenvalue weighted by Crippen LogP contribution is -2.50. The topological polar surface area (TPSA) is 53.1 Å². The number of carbonyl (C=O) groups excluding carboxylic acids is 2. The van der Waals surface area contributed by atoms with E-state index in [4.69, 9.17) is 4.74 Å². The first kappa shape index (κ1) is 16.2. The van der Waals surface area contributed by atoms with Gasteiger partial charge in [0.25, 0.3) is 0 Å². The number of likely N-dealkylation sites (tertiary alicyclic amines) is 1. The highest BCUT2D eigenvalue weighted by atomic mass is 16.5. The maximum absolute atomic E-state index is 12.6. The van der Waals surface area contributed by atoms with Crippen LogP contribution in [0.2, 0.25) is 0 Å². The summed E-state index contributed by atoms with van der Waals surface area (Å²) >= 11 is 0. The molecule has 0 aromatic rings. The molecule has 21 heavy (non-hydrogen) atoms. The lowest BCUT2D eigenvalue weighted by atomic mass is 10.1. The fourth-order valence-electron chi connectivity index (χ4n) is 3.09. The van der Waals surface area contributed by atoms with E-state index in [-0.39, 0.29) is 29.9 Å². The molecular weight excluding hydrogens is 270 g/mol. The van der Waals surface area contributed by atoms with E-state index in [1.807, 2.05) is 42.6 Å². The van der Waals surface area contributed by atoms with Crippen LogP contribution in [0.25, 0.3) is 0 Å². The molecule has 0 radical (unpaired) electrons. The van der Waals surface area contributed by atoms with Crippen molar-refractivity contribution in [3.05, 3.63) is 0 Å². The van der Waals surface area contributed by atoms with Gasteiger partial charge >= 0.3 is 0 Å². The van der Waals surface area contributed by atoms with Crippen molar-refractivity contribution in [2.75, 3.05) is 46.8 Å². The zero-order chi connectivity index (χ0) is 15.6. The Labute approximate surface area is 127 Å². The molecule has 3 atom stereocenters. The van der Waals surface area contributed by atoms with Gasteiger partial charge in [-0.05, 0) is 27.9 Å². The second-order valence-corrected chi connectivity index (χ2v) is 6.54. The van der Waals surface area contributed by atoms with Crippen LogP contribution in [0.1, 0.15) is 20.3 Å². The molecule has 2 aliphatic rings. The maximum atomic E-state index is 12.6. The van der Waals surface area contributed by atoms with E-state index in [2.05, 4.69) is 0 Å². The minimum Gasteiger partial charge on any atom is -0.372 e. The van der Waals surface area contributed by atoms with Gasteiger partial charge in [0.2, 0.25) is 11.8 Å². The van der Waals surface area contributed by atoms with E-state index in [0.29, 0.717) is 32.6 Å². The second kappa shape index (κ2) is 6.75. The van der Waals surface area contributed by atoms with Crippen molar-refractivity contribution in [2.24, 2.45) is 5.92 Å². The van der Waals surface area contributed by atoms with Gasteiger partial charge in [-0.3, -0.25) is 9.59 Å².